The van der Waals surface area contributed by atoms with E-state index in [0.717, 1.165) is 17.4 Å². The molecule has 132 valence electrons. The molecule has 0 fully saturated rings. The number of rotatable bonds is 6. The zero-order chi connectivity index (χ0) is 18.5. The molecule has 0 aliphatic rings. The van der Waals surface area contributed by atoms with Gasteiger partial charge in [0.15, 0.2) is 0 Å². The molecular formula is C17H16N6O3. The van der Waals surface area contributed by atoms with Crippen LogP contribution in [0.3, 0.4) is 0 Å². The van der Waals surface area contributed by atoms with Gasteiger partial charge in [-0.25, -0.2) is 5.43 Å². The average molecular weight is 352 g/mol. The monoisotopic (exact) mass is 352 g/mol. The van der Waals surface area contributed by atoms with Crippen LogP contribution in [0.1, 0.15) is 12.5 Å². The number of hydrogen-bond acceptors (Lipinski definition) is 5. The zero-order valence-electron chi connectivity index (χ0n) is 13.9. The predicted molar refractivity (Wildman–Crippen MR) is 95.0 cm³/mol. The van der Waals surface area contributed by atoms with Crippen molar-refractivity contribution in [3.05, 3.63) is 76.9 Å². The number of nitro groups is 1. The van der Waals surface area contributed by atoms with E-state index >= 15 is 0 Å². The molecule has 0 unspecified atom stereocenters. The first kappa shape index (κ1) is 17.1. The first-order valence-electron chi connectivity index (χ1n) is 7.76. The van der Waals surface area contributed by atoms with Crippen molar-refractivity contribution in [1.29, 1.82) is 0 Å². The lowest BCUT2D eigenvalue weighted by Gasteiger charge is -2.06. The highest BCUT2D eigenvalue weighted by atomic mass is 16.6. The second kappa shape index (κ2) is 7.43. The Kier molecular flexibility index (Phi) is 4.88. The fraction of sp³-hybridized carbons (Fsp3) is 0.118. The molecule has 1 aromatic carbocycles. The van der Waals surface area contributed by atoms with Crippen LogP contribution in [-0.2, 0) is 11.3 Å². The first-order valence-corrected chi connectivity index (χ1v) is 7.76. The van der Waals surface area contributed by atoms with Crippen LogP contribution >= 0.6 is 0 Å². The number of aromatic nitrogens is 3. The Balaban J connectivity index is 1.60. The average Bonchev–Trinajstić information content (AvgIpc) is 3.32. The minimum atomic E-state index is -0.568. The van der Waals surface area contributed by atoms with Gasteiger partial charge in [0.05, 0.1) is 10.6 Å². The van der Waals surface area contributed by atoms with Crippen molar-refractivity contribution in [3.63, 3.8) is 0 Å². The van der Waals surface area contributed by atoms with Crippen LogP contribution < -0.4 is 5.43 Å². The summed E-state index contributed by atoms with van der Waals surface area (Å²) >= 11 is 0. The molecule has 2 heterocycles. The molecule has 9 nitrogen and oxygen atoms in total. The van der Waals surface area contributed by atoms with Gasteiger partial charge in [0.2, 0.25) is 0 Å². The Morgan fingerprint density at radius 2 is 1.96 bits per heavy atom. The highest BCUT2D eigenvalue weighted by Gasteiger charge is 2.11. The van der Waals surface area contributed by atoms with Crippen LogP contribution in [0.2, 0.25) is 0 Å². The Hall–Kier alpha value is -3.75. The third-order valence-corrected chi connectivity index (χ3v) is 3.67. The van der Waals surface area contributed by atoms with Crippen LogP contribution in [0, 0.1) is 10.1 Å². The Morgan fingerprint density at radius 1 is 1.27 bits per heavy atom. The van der Waals surface area contributed by atoms with Gasteiger partial charge in [-0.15, -0.1) is 0 Å². The largest absolute Gasteiger partial charge is 0.324 e. The molecule has 0 radical (unpaired) electrons. The number of carbonyl (C=O) groups excluding carboxylic acids is 1. The maximum Gasteiger partial charge on any atom is 0.307 e. The van der Waals surface area contributed by atoms with Crippen molar-refractivity contribution < 1.29 is 9.72 Å². The number of hydrogen-bond donors (Lipinski definition) is 1. The molecule has 26 heavy (non-hydrogen) atoms. The van der Waals surface area contributed by atoms with Crippen LogP contribution in [0.5, 0.6) is 0 Å². The van der Waals surface area contributed by atoms with E-state index in [2.05, 4.69) is 15.6 Å². The quantitative estimate of drug-likeness (QED) is 0.416. The topological polar surface area (TPSA) is 107 Å². The normalized spacial score (nSPS) is 11.3. The van der Waals surface area contributed by atoms with E-state index in [0.29, 0.717) is 5.71 Å². The van der Waals surface area contributed by atoms with Crippen LogP contribution in [-0.4, -0.2) is 30.9 Å². The highest BCUT2D eigenvalue weighted by Crippen LogP contribution is 2.11. The summed E-state index contributed by atoms with van der Waals surface area (Å²) in [7, 11) is 0. The van der Waals surface area contributed by atoms with Gasteiger partial charge in [0.1, 0.15) is 18.9 Å². The van der Waals surface area contributed by atoms with Gasteiger partial charge < -0.3 is 4.57 Å². The lowest BCUT2D eigenvalue weighted by molar-refractivity contribution is -0.385. The molecule has 3 rings (SSSR count). The van der Waals surface area contributed by atoms with Crippen molar-refractivity contribution in [2.24, 2.45) is 5.10 Å². The number of hydrazone groups is 1. The summed E-state index contributed by atoms with van der Waals surface area (Å²) in [5.74, 6) is -0.425. The Labute approximate surface area is 148 Å². The fourth-order valence-electron chi connectivity index (χ4n) is 2.31. The molecule has 0 atom stereocenters. The van der Waals surface area contributed by atoms with Gasteiger partial charge in [-0.05, 0) is 36.8 Å². The van der Waals surface area contributed by atoms with E-state index in [1.165, 1.54) is 10.9 Å². The third kappa shape index (κ3) is 4.01. The minimum Gasteiger partial charge on any atom is -0.324 e. The predicted octanol–water partition coefficient (Wildman–Crippen LogP) is 2.12. The van der Waals surface area contributed by atoms with Crippen molar-refractivity contribution in [1.82, 2.24) is 19.8 Å². The van der Waals surface area contributed by atoms with Crippen molar-refractivity contribution in [3.8, 4) is 5.69 Å². The third-order valence-electron chi connectivity index (χ3n) is 3.67. The fourth-order valence-corrected chi connectivity index (χ4v) is 2.31. The van der Waals surface area contributed by atoms with E-state index in [4.69, 9.17) is 0 Å². The highest BCUT2D eigenvalue weighted by molar-refractivity contribution is 5.99. The molecule has 0 aliphatic carbocycles. The Bertz CT molecular complexity index is 941. The first-order chi connectivity index (χ1) is 12.5. The zero-order valence-corrected chi connectivity index (χ0v) is 13.9. The summed E-state index contributed by atoms with van der Waals surface area (Å²) in [6.07, 6.45) is 6.19. The second-order valence-electron chi connectivity index (χ2n) is 5.52. The van der Waals surface area contributed by atoms with Crippen LogP contribution in [0.4, 0.5) is 5.69 Å². The van der Waals surface area contributed by atoms with Crippen LogP contribution in [0.25, 0.3) is 5.69 Å². The minimum absolute atomic E-state index is 0.156. The standard InChI is InChI=1S/C17H16N6O3/c1-13(14-4-6-15(7-5-14)21-8-2-3-9-21)19-20-17(24)12-22-11-16(10-18-22)23(25)26/h2-11H,12H2,1H3,(H,20,24)/b19-13-. The van der Waals surface area contributed by atoms with Gasteiger partial charge in [0.25, 0.3) is 5.91 Å². The number of nitrogens with zero attached hydrogens (tertiary/aromatic N) is 5. The maximum absolute atomic E-state index is 11.9. The lowest BCUT2D eigenvalue weighted by atomic mass is 10.1. The van der Waals surface area contributed by atoms with E-state index in [-0.39, 0.29) is 12.2 Å². The van der Waals surface area contributed by atoms with Gasteiger partial charge in [-0.1, -0.05) is 12.1 Å². The summed E-state index contributed by atoms with van der Waals surface area (Å²) in [5, 5.41) is 18.4. The van der Waals surface area contributed by atoms with E-state index in [1.54, 1.807) is 6.92 Å². The van der Waals surface area contributed by atoms with E-state index < -0.39 is 10.8 Å². The second-order valence-corrected chi connectivity index (χ2v) is 5.52. The lowest BCUT2D eigenvalue weighted by Crippen LogP contribution is -2.24. The summed E-state index contributed by atoms with van der Waals surface area (Å²) < 4.78 is 3.17. The summed E-state index contributed by atoms with van der Waals surface area (Å²) in [6, 6.07) is 11.6. The molecule has 0 saturated heterocycles. The van der Waals surface area contributed by atoms with Gasteiger partial charge in [-0.2, -0.15) is 10.2 Å². The number of amides is 1. The van der Waals surface area contributed by atoms with Crippen molar-refractivity contribution in [2.75, 3.05) is 0 Å². The van der Waals surface area contributed by atoms with E-state index in [1.807, 2.05) is 53.4 Å². The smallest absolute Gasteiger partial charge is 0.307 e. The molecule has 0 spiro atoms. The summed E-state index contributed by atoms with van der Waals surface area (Å²) in [4.78, 5) is 21.9. The summed E-state index contributed by atoms with van der Waals surface area (Å²) in [6.45, 7) is 1.63. The number of carbonyl (C=O) groups is 1. The maximum atomic E-state index is 11.9. The van der Waals surface area contributed by atoms with Crippen LogP contribution in [0.15, 0.2) is 66.3 Å². The number of nitrogens with one attached hydrogen (secondary N) is 1. The molecule has 1 N–H and O–H groups in total. The molecule has 2 aromatic heterocycles. The van der Waals surface area contributed by atoms with Crippen molar-refractivity contribution >= 4 is 17.3 Å². The summed E-state index contributed by atoms with van der Waals surface area (Å²) in [5.41, 5.74) is 4.79. The molecule has 3 aromatic rings. The molecule has 0 aliphatic heterocycles. The Morgan fingerprint density at radius 3 is 2.58 bits per heavy atom. The molecule has 9 heteroatoms. The number of benzene rings is 1. The van der Waals surface area contributed by atoms with Crippen molar-refractivity contribution in [2.45, 2.75) is 13.5 Å². The molecule has 0 bridgehead atoms. The molecule has 0 saturated carbocycles. The molecule has 1 amide bonds. The van der Waals surface area contributed by atoms with Gasteiger partial charge in [-0.3, -0.25) is 19.6 Å². The van der Waals surface area contributed by atoms with E-state index in [9.17, 15) is 14.9 Å². The molecular weight excluding hydrogens is 336 g/mol. The SMILES string of the molecule is C/C(=N/NC(=O)Cn1cc([N+](=O)[O-])cn1)c1ccc(-n2cccc2)cc1. The van der Waals surface area contributed by atoms with Gasteiger partial charge >= 0.3 is 5.69 Å². The van der Waals surface area contributed by atoms with Gasteiger partial charge in [0, 0.05) is 18.1 Å².